The molecular weight excluding hydrogens is 406 g/mol. The molecule has 160 valence electrons. The summed E-state index contributed by atoms with van der Waals surface area (Å²) in [5.74, 6) is -1.69. The molecule has 3 aromatic carbocycles. The van der Waals surface area contributed by atoms with E-state index in [2.05, 4.69) is 5.32 Å². The lowest BCUT2D eigenvalue weighted by atomic mass is 10.1. The van der Waals surface area contributed by atoms with E-state index in [9.17, 15) is 14.4 Å². The third kappa shape index (κ3) is 4.44. The molecule has 0 saturated carbocycles. The Morgan fingerprint density at radius 2 is 1.62 bits per heavy atom. The summed E-state index contributed by atoms with van der Waals surface area (Å²) in [7, 11) is 0. The number of rotatable bonds is 5. The number of nitrogens with one attached hydrogen (secondary N) is 1. The summed E-state index contributed by atoms with van der Waals surface area (Å²) in [4.78, 5) is 38.4. The van der Waals surface area contributed by atoms with Gasteiger partial charge in [-0.2, -0.15) is 0 Å². The molecule has 1 aromatic heterocycles. The van der Waals surface area contributed by atoms with Gasteiger partial charge in [0.2, 0.25) is 11.9 Å². The summed E-state index contributed by atoms with van der Waals surface area (Å²) in [5.41, 5.74) is 2.88. The van der Waals surface area contributed by atoms with E-state index >= 15 is 0 Å². The lowest BCUT2D eigenvalue weighted by Gasteiger charge is -2.19. The van der Waals surface area contributed by atoms with Crippen molar-refractivity contribution in [3.05, 3.63) is 112 Å². The second-order valence-electron chi connectivity index (χ2n) is 7.47. The lowest BCUT2D eigenvalue weighted by Crippen LogP contribution is -2.26. The van der Waals surface area contributed by atoms with Crippen LogP contribution < -0.4 is 10.7 Å². The number of hydrogen-bond acceptors (Lipinski definition) is 5. The first-order chi connectivity index (χ1) is 15.4. The van der Waals surface area contributed by atoms with Crippen LogP contribution in [0.25, 0.3) is 11.0 Å². The molecule has 0 fully saturated rings. The predicted octanol–water partition coefficient (Wildman–Crippen LogP) is 4.95. The van der Waals surface area contributed by atoms with E-state index in [0.717, 1.165) is 17.2 Å². The summed E-state index contributed by atoms with van der Waals surface area (Å²) in [6.45, 7) is 3.80. The smallest absolute Gasteiger partial charge is 0.375 e. The van der Waals surface area contributed by atoms with Gasteiger partial charge >= 0.3 is 5.97 Å². The maximum atomic E-state index is 13.1. The highest BCUT2D eigenvalue weighted by atomic mass is 16.6. The van der Waals surface area contributed by atoms with Gasteiger partial charge in [-0.05, 0) is 43.2 Å². The maximum Gasteiger partial charge on any atom is 0.375 e. The number of benzene rings is 3. The molecule has 0 spiro atoms. The van der Waals surface area contributed by atoms with Gasteiger partial charge in [-0.15, -0.1) is 0 Å². The van der Waals surface area contributed by atoms with Crippen molar-refractivity contribution in [1.29, 1.82) is 0 Å². The summed E-state index contributed by atoms with van der Waals surface area (Å²) in [6.07, 6.45) is -1.24. The van der Waals surface area contributed by atoms with Gasteiger partial charge in [0.25, 0.3) is 5.91 Å². The van der Waals surface area contributed by atoms with Crippen molar-refractivity contribution in [2.75, 3.05) is 5.32 Å². The molecule has 1 N–H and O–H groups in total. The fraction of sp³-hybridized carbons (Fsp3) is 0.115. The number of para-hydroxylation sites is 1. The number of aryl methyl sites for hydroxylation is 2. The molecule has 0 bridgehead atoms. The third-order valence-corrected chi connectivity index (χ3v) is 5.05. The van der Waals surface area contributed by atoms with Crippen LogP contribution in [0.3, 0.4) is 0 Å². The van der Waals surface area contributed by atoms with E-state index in [4.69, 9.17) is 9.15 Å². The Hall–Kier alpha value is -4.19. The van der Waals surface area contributed by atoms with Crippen LogP contribution in [0.1, 0.15) is 33.3 Å². The van der Waals surface area contributed by atoms with Crippen molar-refractivity contribution >= 4 is 28.5 Å². The average Bonchev–Trinajstić information content (AvgIpc) is 2.80. The van der Waals surface area contributed by atoms with E-state index in [1.807, 2.05) is 32.0 Å². The van der Waals surface area contributed by atoms with Crippen molar-refractivity contribution in [3.63, 3.8) is 0 Å². The monoisotopic (exact) mass is 427 g/mol. The Morgan fingerprint density at radius 3 is 2.41 bits per heavy atom. The van der Waals surface area contributed by atoms with Gasteiger partial charge in [-0.3, -0.25) is 9.59 Å². The van der Waals surface area contributed by atoms with Crippen molar-refractivity contribution < 1.29 is 18.7 Å². The van der Waals surface area contributed by atoms with Crippen molar-refractivity contribution in [3.8, 4) is 0 Å². The minimum Gasteiger partial charge on any atom is -0.449 e. The topological polar surface area (TPSA) is 85.6 Å². The van der Waals surface area contributed by atoms with E-state index in [1.165, 1.54) is 0 Å². The van der Waals surface area contributed by atoms with Crippen LogP contribution >= 0.6 is 0 Å². The molecule has 1 heterocycles. The molecule has 0 saturated heterocycles. The standard InChI is InChI=1S/C26H21NO5/c1-16-12-13-17(2)20(14-16)27-25(29)24(18-8-4-3-5-9-18)32-26(30)23-15-21(28)19-10-6-7-11-22(19)31-23/h3-15,24H,1-2H3,(H,27,29)/t24-/m1/s1. The second kappa shape index (κ2) is 8.89. The highest BCUT2D eigenvalue weighted by Gasteiger charge is 2.27. The molecule has 1 atom stereocenters. The Kier molecular flexibility index (Phi) is 5.85. The Morgan fingerprint density at radius 1 is 0.906 bits per heavy atom. The van der Waals surface area contributed by atoms with E-state index < -0.39 is 18.0 Å². The summed E-state index contributed by atoms with van der Waals surface area (Å²) in [6, 6.07) is 22.1. The number of anilines is 1. The average molecular weight is 427 g/mol. The molecule has 0 aliphatic rings. The first-order valence-electron chi connectivity index (χ1n) is 10.1. The zero-order valence-electron chi connectivity index (χ0n) is 17.6. The van der Waals surface area contributed by atoms with Crippen LogP contribution in [-0.2, 0) is 9.53 Å². The number of fused-ring (bicyclic) bond motifs is 1. The minimum atomic E-state index is -1.24. The zero-order valence-corrected chi connectivity index (χ0v) is 17.6. The van der Waals surface area contributed by atoms with Gasteiger partial charge in [-0.1, -0.05) is 54.6 Å². The van der Waals surface area contributed by atoms with E-state index in [0.29, 0.717) is 16.6 Å². The third-order valence-electron chi connectivity index (χ3n) is 5.05. The molecule has 0 aliphatic carbocycles. The van der Waals surface area contributed by atoms with Crippen molar-refractivity contribution in [2.45, 2.75) is 20.0 Å². The fourth-order valence-corrected chi connectivity index (χ4v) is 3.34. The number of ether oxygens (including phenoxy) is 1. The summed E-state index contributed by atoms with van der Waals surface area (Å²) < 4.78 is 11.1. The van der Waals surface area contributed by atoms with Gasteiger partial charge in [-0.25, -0.2) is 4.79 Å². The Balaban J connectivity index is 1.65. The highest BCUT2D eigenvalue weighted by Crippen LogP contribution is 2.24. The zero-order chi connectivity index (χ0) is 22.7. The number of hydrogen-bond donors (Lipinski definition) is 1. The molecular formula is C26H21NO5. The van der Waals surface area contributed by atoms with Crippen LogP contribution in [0, 0.1) is 13.8 Å². The normalized spacial score (nSPS) is 11.7. The highest BCUT2D eigenvalue weighted by molar-refractivity contribution is 5.98. The second-order valence-corrected chi connectivity index (χ2v) is 7.47. The predicted molar refractivity (Wildman–Crippen MR) is 122 cm³/mol. The van der Waals surface area contributed by atoms with Crippen LogP contribution in [0.5, 0.6) is 0 Å². The molecule has 6 heteroatoms. The molecule has 32 heavy (non-hydrogen) atoms. The molecule has 0 aliphatic heterocycles. The van der Waals surface area contributed by atoms with Crippen LogP contribution in [0.15, 0.2) is 88.1 Å². The largest absolute Gasteiger partial charge is 0.449 e. The molecule has 4 rings (SSSR count). The first kappa shape index (κ1) is 21.1. The Labute approximate surface area is 184 Å². The van der Waals surface area contributed by atoms with E-state index in [-0.39, 0.29) is 16.8 Å². The van der Waals surface area contributed by atoms with Gasteiger partial charge in [0.1, 0.15) is 5.58 Å². The molecule has 4 aromatic rings. The number of amides is 1. The minimum absolute atomic E-state index is 0.267. The van der Waals surface area contributed by atoms with Gasteiger partial charge in [0.05, 0.1) is 5.39 Å². The van der Waals surface area contributed by atoms with Gasteiger partial charge in [0, 0.05) is 17.3 Å². The van der Waals surface area contributed by atoms with Crippen molar-refractivity contribution in [1.82, 2.24) is 0 Å². The van der Waals surface area contributed by atoms with Crippen LogP contribution in [0.2, 0.25) is 0 Å². The quantitative estimate of drug-likeness (QED) is 0.456. The van der Waals surface area contributed by atoms with Crippen LogP contribution in [-0.4, -0.2) is 11.9 Å². The molecule has 0 radical (unpaired) electrons. The fourth-order valence-electron chi connectivity index (χ4n) is 3.34. The van der Waals surface area contributed by atoms with Crippen molar-refractivity contribution in [2.24, 2.45) is 0 Å². The molecule has 1 amide bonds. The Bertz CT molecular complexity index is 1360. The summed E-state index contributed by atoms with van der Waals surface area (Å²) in [5, 5.41) is 3.20. The van der Waals surface area contributed by atoms with Crippen LogP contribution in [0.4, 0.5) is 5.69 Å². The number of carbonyl (C=O) groups excluding carboxylic acids is 2. The maximum absolute atomic E-state index is 13.1. The first-order valence-corrected chi connectivity index (χ1v) is 10.1. The molecule has 6 nitrogen and oxygen atoms in total. The van der Waals surface area contributed by atoms with Gasteiger partial charge in [0.15, 0.2) is 5.43 Å². The number of esters is 1. The summed E-state index contributed by atoms with van der Waals surface area (Å²) >= 11 is 0. The van der Waals surface area contributed by atoms with Gasteiger partial charge < -0.3 is 14.5 Å². The molecule has 0 unspecified atom stereocenters. The van der Waals surface area contributed by atoms with E-state index in [1.54, 1.807) is 54.6 Å². The lowest BCUT2D eigenvalue weighted by molar-refractivity contribution is -0.125. The SMILES string of the molecule is Cc1ccc(C)c(NC(=O)[C@H](OC(=O)c2cc(=O)c3ccccc3o2)c2ccccc2)c1. The number of carbonyl (C=O) groups is 2.